The molecule has 0 saturated heterocycles. The summed E-state index contributed by atoms with van der Waals surface area (Å²) in [4.78, 5) is 12.9. The van der Waals surface area contributed by atoms with Gasteiger partial charge in [-0.05, 0) is 56.7 Å². The third kappa shape index (κ3) is 3.88. The van der Waals surface area contributed by atoms with Crippen molar-refractivity contribution in [2.24, 2.45) is 0 Å². The number of benzene rings is 2. The van der Waals surface area contributed by atoms with E-state index in [0.29, 0.717) is 5.16 Å². The molecule has 0 aliphatic heterocycles. The molecule has 1 amide bonds. The van der Waals surface area contributed by atoms with Crippen LogP contribution in [0.4, 0.5) is 5.69 Å². The highest BCUT2D eigenvalue weighted by Crippen LogP contribution is 2.29. The van der Waals surface area contributed by atoms with Crippen molar-refractivity contribution < 1.29 is 9.53 Å². The molecule has 0 spiro atoms. The Morgan fingerprint density at radius 1 is 1.06 bits per heavy atom. The molecule has 9 heteroatoms. The van der Waals surface area contributed by atoms with Gasteiger partial charge in [-0.15, -0.1) is 10.2 Å². The molecule has 0 radical (unpaired) electrons. The quantitative estimate of drug-likeness (QED) is 0.360. The summed E-state index contributed by atoms with van der Waals surface area (Å²) in [5.74, 6) is 0.813. The molecule has 1 N–H and O–H groups in total. The number of pyridine rings is 1. The Kier molecular flexibility index (Phi) is 5.70. The lowest BCUT2D eigenvalue weighted by Crippen LogP contribution is -2.15. The third-order valence-corrected chi connectivity index (χ3v) is 6.69. The van der Waals surface area contributed by atoms with E-state index in [4.69, 9.17) is 4.74 Å². The predicted molar refractivity (Wildman–Crippen MR) is 134 cm³/mol. The van der Waals surface area contributed by atoms with Crippen molar-refractivity contribution in [3.63, 3.8) is 0 Å². The zero-order valence-corrected chi connectivity index (χ0v) is 20.2. The van der Waals surface area contributed by atoms with Crippen LogP contribution in [0.15, 0.2) is 59.8 Å². The van der Waals surface area contributed by atoms with Crippen LogP contribution in [0.25, 0.3) is 22.2 Å². The number of hydrogen-bond donors (Lipinski definition) is 1. The van der Waals surface area contributed by atoms with Crippen molar-refractivity contribution in [1.82, 2.24) is 24.4 Å². The third-order valence-electron chi connectivity index (χ3n) is 5.76. The molecule has 0 unspecified atom stereocenters. The number of hydrogen-bond acceptors (Lipinski definition) is 6. The van der Waals surface area contributed by atoms with Gasteiger partial charge in [-0.3, -0.25) is 9.20 Å². The maximum atomic E-state index is 12.9. The molecule has 2 aromatic carbocycles. The van der Waals surface area contributed by atoms with Gasteiger partial charge in [0.25, 0.3) is 0 Å². The lowest BCUT2D eigenvalue weighted by Gasteiger charge is -2.09. The van der Waals surface area contributed by atoms with E-state index in [1.165, 1.54) is 11.8 Å². The van der Waals surface area contributed by atoms with Gasteiger partial charge in [-0.1, -0.05) is 30.0 Å². The molecule has 0 atom stereocenters. The van der Waals surface area contributed by atoms with Crippen LogP contribution in [-0.2, 0) is 4.79 Å². The minimum atomic E-state index is -0.130. The van der Waals surface area contributed by atoms with E-state index in [2.05, 4.69) is 20.6 Å². The number of aryl methyl sites for hydroxylation is 2. The fourth-order valence-electron chi connectivity index (χ4n) is 4.07. The largest absolute Gasteiger partial charge is 0.497 e. The van der Waals surface area contributed by atoms with E-state index in [0.717, 1.165) is 50.6 Å². The average molecular weight is 473 g/mol. The molecule has 172 valence electrons. The number of nitrogens with zero attached hydrogens (tertiary/aromatic N) is 5. The number of nitrogens with one attached hydrogen (secondary N) is 1. The van der Waals surface area contributed by atoms with E-state index >= 15 is 0 Å². The Balaban J connectivity index is 1.39. The van der Waals surface area contributed by atoms with E-state index < -0.39 is 0 Å². The lowest BCUT2D eigenvalue weighted by molar-refractivity contribution is -0.113. The van der Waals surface area contributed by atoms with Crippen LogP contribution in [0.3, 0.4) is 0 Å². The molecule has 0 bridgehead atoms. The second-order valence-corrected chi connectivity index (χ2v) is 8.96. The van der Waals surface area contributed by atoms with Gasteiger partial charge in [0.1, 0.15) is 5.75 Å². The van der Waals surface area contributed by atoms with Gasteiger partial charge in [0.15, 0.2) is 10.8 Å². The molecule has 3 heterocycles. The number of amides is 1. The number of rotatable bonds is 6. The maximum Gasteiger partial charge on any atom is 0.234 e. The smallest absolute Gasteiger partial charge is 0.234 e. The first-order chi connectivity index (χ1) is 16.5. The number of ether oxygens (including phenoxy) is 1. The minimum Gasteiger partial charge on any atom is -0.497 e. The molecule has 5 rings (SSSR count). The average Bonchev–Trinajstić information content (AvgIpc) is 3.38. The fourth-order valence-corrected chi connectivity index (χ4v) is 4.82. The Bertz CT molecular complexity index is 1520. The highest BCUT2D eigenvalue weighted by Gasteiger charge is 2.17. The van der Waals surface area contributed by atoms with Gasteiger partial charge in [-0.2, -0.15) is 5.10 Å². The van der Waals surface area contributed by atoms with Crippen LogP contribution >= 0.6 is 11.8 Å². The monoisotopic (exact) mass is 472 g/mol. The van der Waals surface area contributed by atoms with Crippen LogP contribution in [0, 0.1) is 20.8 Å². The first kappa shape index (κ1) is 22.0. The summed E-state index contributed by atoms with van der Waals surface area (Å²) in [5, 5.41) is 18.0. The predicted octanol–water partition coefficient (Wildman–Crippen LogP) is 4.73. The summed E-state index contributed by atoms with van der Waals surface area (Å²) in [6.07, 6.45) is 0. The van der Waals surface area contributed by atoms with Crippen LogP contribution in [0.5, 0.6) is 5.75 Å². The van der Waals surface area contributed by atoms with Crippen molar-refractivity contribution in [1.29, 1.82) is 0 Å². The van der Waals surface area contributed by atoms with E-state index in [-0.39, 0.29) is 11.7 Å². The molecule has 0 fully saturated rings. The lowest BCUT2D eigenvalue weighted by atomic mass is 10.1. The molecular weight excluding hydrogens is 448 g/mol. The summed E-state index contributed by atoms with van der Waals surface area (Å²) < 4.78 is 9.22. The standard InChI is InChI=1S/C25H24N6O2S/c1-15-12-22-27-28-25(30(22)21-13-19(33-4)10-11-20(15)21)34-14-23(32)26-24-16(2)29-31(17(24)3)18-8-6-5-7-9-18/h5-13H,14H2,1-4H3,(H,26,32). The van der Waals surface area contributed by atoms with Crippen LogP contribution in [-0.4, -0.2) is 43.1 Å². The zero-order chi connectivity index (χ0) is 23.8. The van der Waals surface area contributed by atoms with E-state index in [9.17, 15) is 4.79 Å². The van der Waals surface area contributed by atoms with Gasteiger partial charge in [0, 0.05) is 11.5 Å². The van der Waals surface area contributed by atoms with Gasteiger partial charge in [0.05, 0.1) is 41.1 Å². The summed E-state index contributed by atoms with van der Waals surface area (Å²) in [6.45, 7) is 5.89. The van der Waals surface area contributed by atoms with Crippen LogP contribution < -0.4 is 10.1 Å². The van der Waals surface area contributed by atoms with Gasteiger partial charge in [0.2, 0.25) is 5.91 Å². The molecule has 34 heavy (non-hydrogen) atoms. The Morgan fingerprint density at radius 3 is 2.62 bits per heavy atom. The number of para-hydroxylation sites is 1. The Labute approximate surface area is 200 Å². The number of carbonyl (C=O) groups is 1. The van der Waals surface area contributed by atoms with Gasteiger partial charge >= 0.3 is 0 Å². The van der Waals surface area contributed by atoms with Crippen molar-refractivity contribution in [2.75, 3.05) is 18.2 Å². The first-order valence-electron chi connectivity index (χ1n) is 10.8. The van der Waals surface area contributed by atoms with Gasteiger partial charge < -0.3 is 10.1 Å². The SMILES string of the molecule is COc1ccc2c(C)cc3nnc(SCC(=O)Nc4c(C)nn(-c5ccccc5)c4C)n3c2c1. The molecule has 0 saturated carbocycles. The van der Waals surface area contributed by atoms with Crippen molar-refractivity contribution in [3.8, 4) is 11.4 Å². The van der Waals surface area contributed by atoms with Crippen molar-refractivity contribution in [2.45, 2.75) is 25.9 Å². The Hall–Kier alpha value is -3.85. The second kappa shape index (κ2) is 8.83. The molecule has 3 aromatic heterocycles. The molecule has 0 aliphatic carbocycles. The van der Waals surface area contributed by atoms with Crippen LogP contribution in [0.2, 0.25) is 0 Å². The Morgan fingerprint density at radius 2 is 1.85 bits per heavy atom. The molecule has 0 aliphatic rings. The van der Waals surface area contributed by atoms with Gasteiger partial charge in [-0.25, -0.2) is 4.68 Å². The summed E-state index contributed by atoms with van der Waals surface area (Å²) >= 11 is 1.34. The summed E-state index contributed by atoms with van der Waals surface area (Å²) in [7, 11) is 1.64. The minimum absolute atomic E-state index is 0.130. The first-order valence-corrected chi connectivity index (χ1v) is 11.8. The fraction of sp³-hybridized carbons (Fsp3) is 0.200. The zero-order valence-electron chi connectivity index (χ0n) is 19.4. The maximum absolute atomic E-state index is 12.9. The highest BCUT2D eigenvalue weighted by atomic mass is 32.2. The topological polar surface area (TPSA) is 86.3 Å². The molecule has 5 aromatic rings. The number of aromatic nitrogens is 5. The van der Waals surface area contributed by atoms with Crippen molar-refractivity contribution >= 4 is 39.9 Å². The normalized spacial score (nSPS) is 11.3. The molecule has 8 nitrogen and oxygen atoms in total. The van der Waals surface area contributed by atoms with E-state index in [1.54, 1.807) is 7.11 Å². The highest BCUT2D eigenvalue weighted by molar-refractivity contribution is 7.99. The number of fused-ring (bicyclic) bond motifs is 3. The molecular formula is C25H24N6O2S. The number of carbonyl (C=O) groups excluding carboxylic acids is 1. The van der Waals surface area contributed by atoms with Crippen molar-refractivity contribution in [3.05, 3.63) is 71.5 Å². The summed E-state index contributed by atoms with van der Waals surface area (Å²) in [6, 6.07) is 17.8. The van der Waals surface area contributed by atoms with E-state index in [1.807, 2.05) is 84.5 Å². The second-order valence-electron chi connectivity index (χ2n) is 8.02. The van der Waals surface area contributed by atoms with Crippen LogP contribution in [0.1, 0.15) is 17.0 Å². The number of methoxy groups -OCH3 is 1. The summed E-state index contributed by atoms with van der Waals surface area (Å²) in [5.41, 5.74) is 6.10. The number of anilines is 1. The number of thioether (sulfide) groups is 1.